The summed E-state index contributed by atoms with van der Waals surface area (Å²) in [6, 6.07) is 9.31. The van der Waals surface area contributed by atoms with Crippen LogP contribution in [0.5, 0.6) is 11.5 Å². The number of anilines is 4. The average molecular weight is 539 g/mol. The van der Waals surface area contributed by atoms with Crippen LogP contribution in [-0.4, -0.2) is 74.4 Å². The molecule has 0 bridgehead atoms. The summed E-state index contributed by atoms with van der Waals surface area (Å²) in [5.74, 6) is 0.416. The van der Waals surface area contributed by atoms with Crippen molar-refractivity contribution in [3.05, 3.63) is 48.2 Å². The van der Waals surface area contributed by atoms with Crippen LogP contribution in [0, 0.1) is 11.6 Å². The third-order valence-electron chi connectivity index (χ3n) is 7.52. The van der Waals surface area contributed by atoms with Crippen molar-refractivity contribution in [2.24, 2.45) is 0 Å². The van der Waals surface area contributed by atoms with Gasteiger partial charge in [0.15, 0.2) is 17.3 Å². The van der Waals surface area contributed by atoms with E-state index in [0.717, 1.165) is 37.8 Å². The molecule has 2 aliphatic rings. The number of aromatic nitrogens is 2. The minimum atomic E-state index is -0.571. The Morgan fingerprint density at radius 2 is 1.82 bits per heavy atom. The smallest absolute Gasteiger partial charge is 0.227 e. The van der Waals surface area contributed by atoms with Gasteiger partial charge in [0.1, 0.15) is 18.1 Å². The topological polar surface area (TPSA) is 66.0 Å². The fourth-order valence-electron chi connectivity index (χ4n) is 5.36. The van der Waals surface area contributed by atoms with Crippen molar-refractivity contribution in [1.29, 1.82) is 0 Å². The Labute approximate surface area is 228 Å². The maximum absolute atomic E-state index is 15.1. The molecule has 3 heterocycles. The molecule has 0 amide bonds. The summed E-state index contributed by atoms with van der Waals surface area (Å²) in [7, 11) is 5.73. The standard InChI is InChI=1S/C29H36F2N6O2/c1-18(2)37-12-13-39-28-25(37)14-19(15-26(28)38-5)27-23(31)17-32-29(34-27)33-20-6-7-24(22(30)16-20)36-10-8-21(9-11-36)35(3)4/h6-7,14-18,21H,8-13H2,1-5H3,(H,32,33,34). The van der Waals surface area contributed by atoms with Gasteiger partial charge in [-0.3, -0.25) is 0 Å². The molecule has 8 nitrogen and oxygen atoms in total. The maximum atomic E-state index is 15.1. The van der Waals surface area contributed by atoms with Gasteiger partial charge in [-0.2, -0.15) is 0 Å². The highest BCUT2D eigenvalue weighted by Gasteiger charge is 2.26. The third kappa shape index (κ3) is 5.56. The lowest BCUT2D eigenvalue weighted by Gasteiger charge is -2.36. The molecule has 0 spiro atoms. The van der Waals surface area contributed by atoms with Crippen molar-refractivity contribution in [1.82, 2.24) is 14.9 Å². The molecular weight excluding hydrogens is 502 g/mol. The summed E-state index contributed by atoms with van der Waals surface area (Å²) in [5, 5.41) is 3.03. The first-order valence-electron chi connectivity index (χ1n) is 13.4. The second-order valence-corrected chi connectivity index (χ2v) is 10.5. The van der Waals surface area contributed by atoms with Crippen LogP contribution in [0.15, 0.2) is 36.5 Å². The Kier molecular flexibility index (Phi) is 7.74. The number of piperidine rings is 1. The van der Waals surface area contributed by atoms with Crippen molar-refractivity contribution in [2.75, 3.05) is 62.6 Å². The molecule has 208 valence electrons. The quantitative estimate of drug-likeness (QED) is 0.434. The Balaban J connectivity index is 1.39. The van der Waals surface area contributed by atoms with Crippen LogP contribution in [0.4, 0.5) is 31.8 Å². The van der Waals surface area contributed by atoms with Gasteiger partial charge in [-0.05, 0) is 71.1 Å². The third-order valence-corrected chi connectivity index (χ3v) is 7.52. The highest BCUT2D eigenvalue weighted by atomic mass is 19.1. The molecule has 1 fully saturated rings. The van der Waals surface area contributed by atoms with Crippen molar-refractivity contribution >= 4 is 23.0 Å². The molecule has 0 aliphatic carbocycles. The fraction of sp³-hybridized carbons (Fsp3) is 0.448. The number of fused-ring (bicyclic) bond motifs is 1. The summed E-state index contributed by atoms with van der Waals surface area (Å²) in [6.45, 7) is 7.06. The number of hydrogen-bond donors (Lipinski definition) is 1. The Bertz CT molecular complexity index is 1330. The minimum Gasteiger partial charge on any atom is -0.493 e. The number of rotatable bonds is 7. The molecule has 1 aromatic heterocycles. The zero-order valence-corrected chi connectivity index (χ0v) is 23.2. The largest absolute Gasteiger partial charge is 0.493 e. The van der Waals surface area contributed by atoms with E-state index in [1.54, 1.807) is 25.3 Å². The normalized spacial score (nSPS) is 15.9. The predicted molar refractivity (Wildman–Crippen MR) is 151 cm³/mol. The number of ether oxygens (including phenoxy) is 2. The van der Waals surface area contributed by atoms with E-state index in [4.69, 9.17) is 9.47 Å². The van der Waals surface area contributed by atoms with E-state index in [9.17, 15) is 0 Å². The average Bonchev–Trinajstić information content (AvgIpc) is 2.93. The van der Waals surface area contributed by atoms with Gasteiger partial charge in [-0.1, -0.05) is 0 Å². The molecule has 0 radical (unpaired) electrons. The molecule has 0 saturated carbocycles. The molecule has 10 heteroatoms. The Morgan fingerprint density at radius 1 is 1.05 bits per heavy atom. The molecule has 2 aliphatic heterocycles. The monoisotopic (exact) mass is 538 g/mol. The van der Waals surface area contributed by atoms with Crippen LogP contribution >= 0.6 is 0 Å². The summed E-state index contributed by atoms with van der Waals surface area (Å²) in [5.41, 5.74) is 2.54. The first-order chi connectivity index (χ1) is 18.7. The second kappa shape index (κ2) is 11.2. The number of methoxy groups -OCH3 is 1. The van der Waals surface area contributed by atoms with Gasteiger partial charge in [0.2, 0.25) is 5.95 Å². The van der Waals surface area contributed by atoms with E-state index in [2.05, 4.69) is 57.9 Å². The molecule has 39 heavy (non-hydrogen) atoms. The van der Waals surface area contributed by atoms with E-state index in [1.807, 2.05) is 6.07 Å². The molecule has 1 saturated heterocycles. The SMILES string of the molecule is COc1cc(-c2nc(Nc3ccc(N4CCC(N(C)C)CC4)c(F)c3)ncc2F)cc2c1OCCN2C(C)C. The Hall–Kier alpha value is -3.66. The van der Waals surface area contributed by atoms with Crippen LogP contribution in [0.25, 0.3) is 11.3 Å². The van der Waals surface area contributed by atoms with E-state index >= 15 is 8.78 Å². The number of nitrogens with zero attached hydrogens (tertiary/aromatic N) is 5. The summed E-state index contributed by atoms with van der Waals surface area (Å²) < 4.78 is 41.6. The van der Waals surface area contributed by atoms with Gasteiger partial charge < -0.3 is 29.5 Å². The predicted octanol–water partition coefficient (Wildman–Crippen LogP) is 5.31. The fourth-order valence-corrected chi connectivity index (χ4v) is 5.36. The molecule has 2 aromatic carbocycles. The van der Waals surface area contributed by atoms with E-state index in [0.29, 0.717) is 47.6 Å². The molecule has 5 rings (SSSR count). The number of halogens is 2. The zero-order valence-electron chi connectivity index (χ0n) is 23.2. The van der Waals surface area contributed by atoms with Crippen molar-refractivity contribution in [2.45, 2.75) is 38.8 Å². The lowest BCUT2D eigenvalue weighted by Crippen LogP contribution is -2.42. The van der Waals surface area contributed by atoms with Crippen molar-refractivity contribution < 1.29 is 18.3 Å². The first kappa shape index (κ1) is 26.9. The zero-order chi connectivity index (χ0) is 27.7. The van der Waals surface area contributed by atoms with Gasteiger partial charge in [0, 0.05) is 36.4 Å². The molecule has 0 atom stereocenters. The number of benzene rings is 2. The van der Waals surface area contributed by atoms with Gasteiger partial charge in [-0.25, -0.2) is 18.7 Å². The van der Waals surface area contributed by atoms with Crippen LogP contribution < -0.4 is 24.6 Å². The Morgan fingerprint density at radius 3 is 2.49 bits per heavy atom. The van der Waals surface area contributed by atoms with E-state index < -0.39 is 5.82 Å². The highest BCUT2D eigenvalue weighted by molar-refractivity contribution is 5.77. The first-order valence-corrected chi connectivity index (χ1v) is 13.4. The highest BCUT2D eigenvalue weighted by Crippen LogP contribution is 2.44. The van der Waals surface area contributed by atoms with E-state index in [-0.39, 0.29) is 23.5 Å². The molecule has 0 unspecified atom stereocenters. The molecular formula is C29H36F2N6O2. The van der Waals surface area contributed by atoms with Crippen LogP contribution in [0.1, 0.15) is 26.7 Å². The van der Waals surface area contributed by atoms with Crippen LogP contribution in [-0.2, 0) is 0 Å². The number of nitrogens with one attached hydrogen (secondary N) is 1. The number of hydrogen-bond acceptors (Lipinski definition) is 8. The lowest BCUT2D eigenvalue weighted by atomic mass is 10.0. The van der Waals surface area contributed by atoms with E-state index in [1.165, 1.54) is 6.07 Å². The maximum Gasteiger partial charge on any atom is 0.227 e. The lowest BCUT2D eigenvalue weighted by molar-refractivity contribution is 0.249. The van der Waals surface area contributed by atoms with Gasteiger partial charge in [0.05, 0.1) is 31.2 Å². The van der Waals surface area contributed by atoms with Gasteiger partial charge >= 0.3 is 0 Å². The summed E-state index contributed by atoms with van der Waals surface area (Å²) >= 11 is 0. The second-order valence-electron chi connectivity index (χ2n) is 10.5. The molecule has 1 N–H and O–H groups in total. The van der Waals surface area contributed by atoms with Crippen LogP contribution in [0.2, 0.25) is 0 Å². The van der Waals surface area contributed by atoms with Crippen LogP contribution in [0.3, 0.4) is 0 Å². The van der Waals surface area contributed by atoms with Crippen molar-refractivity contribution in [3.63, 3.8) is 0 Å². The summed E-state index contributed by atoms with van der Waals surface area (Å²) in [6.07, 6.45) is 3.10. The molecule has 3 aromatic rings. The van der Waals surface area contributed by atoms with Crippen molar-refractivity contribution in [3.8, 4) is 22.8 Å². The summed E-state index contributed by atoms with van der Waals surface area (Å²) in [4.78, 5) is 15.0. The van der Waals surface area contributed by atoms with Gasteiger partial charge in [-0.15, -0.1) is 0 Å². The minimum absolute atomic E-state index is 0.115. The van der Waals surface area contributed by atoms with Gasteiger partial charge in [0.25, 0.3) is 0 Å².